The molecule has 5 aliphatic carbocycles. The minimum Gasteiger partial charge on any atom is -0.306 e. The molecule has 0 atom stereocenters. The van der Waals surface area contributed by atoms with E-state index in [2.05, 4.69) is 16.8 Å². The molecule has 0 amide bonds. The molecule has 0 saturated heterocycles. The summed E-state index contributed by atoms with van der Waals surface area (Å²) in [7, 11) is 0. The number of thiophene rings is 1. The van der Waals surface area contributed by atoms with Gasteiger partial charge in [0.1, 0.15) is 0 Å². The summed E-state index contributed by atoms with van der Waals surface area (Å²) in [5.74, 6) is 4.08. The van der Waals surface area contributed by atoms with Crippen LogP contribution in [0.1, 0.15) is 67.7 Å². The van der Waals surface area contributed by atoms with Crippen LogP contribution < -0.4 is 5.32 Å². The van der Waals surface area contributed by atoms with E-state index >= 15 is 0 Å². The molecule has 0 unspecified atom stereocenters. The third kappa shape index (κ3) is 1.99. The predicted octanol–water partition coefficient (Wildman–Crippen LogP) is 4.68. The van der Waals surface area contributed by atoms with Gasteiger partial charge in [0.2, 0.25) is 0 Å². The average Bonchev–Trinajstić information content (AvgIpc) is 3.14. The molecule has 1 nitrogen and oxygen atoms in total. The molecule has 5 aliphatic rings. The van der Waals surface area contributed by atoms with Gasteiger partial charge in [0, 0.05) is 17.0 Å². The maximum Gasteiger partial charge on any atom is 0.0307 e. The lowest BCUT2D eigenvalue weighted by Crippen LogP contribution is -2.58. The van der Waals surface area contributed by atoms with E-state index in [-0.39, 0.29) is 0 Å². The monoisotopic (exact) mass is 287 g/mol. The van der Waals surface area contributed by atoms with Gasteiger partial charge in [-0.1, -0.05) is 0 Å². The largest absolute Gasteiger partial charge is 0.306 e. The van der Waals surface area contributed by atoms with Crippen molar-refractivity contribution in [2.24, 2.45) is 17.8 Å². The maximum absolute atomic E-state index is 4.06. The van der Waals surface area contributed by atoms with Crippen LogP contribution in [0.4, 0.5) is 0 Å². The Balaban J connectivity index is 1.33. The maximum atomic E-state index is 4.06. The Kier molecular flexibility index (Phi) is 2.65. The summed E-state index contributed by atoms with van der Waals surface area (Å²) < 4.78 is 0. The molecule has 0 radical (unpaired) electrons. The van der Waals surface area contributed by atoms with E-state index in [0.29, 0.717) is 5.54 Å². The summed E-state index contributed by atoms with van der Waals surface area (Å²) in [4.78, 5) is 1.64. The fourth-order valence-corrected chi connectivity index (χ4v) is 6.75. The van der Waals surface area contributed by atoms with E-state index in [1.165, 1.54) is 32.1 Å². The van der Waals surface area contributed by atoms with Crippen molar-refractivity contribution >= 4 is 11.3 Å². The van der Waals surface area contributed by atoms with Crippen LogP contribution in [0.25, 0.3) is 0 Å². The van der Waals surface area contributed by atoms with Crippen molar-refractivity contribution in [3.63, 3.8) is 0 Å². The van der Waals surface area contributed by atoms with Crippen LogP contribution >= 0.6 is 11.3 Å². The Hall–Kier alpha value is -0.340. The summed E-state index contributed by atoms with van der Waals surface area (Å²) >= 11 is 1.98. The van der Waals surface area contributed by atoms with Gasteiger partial charge >= 0.3 is 0 Å². The number of hydrogen-bond donors (Lipinski definition) is 1. The molecule has 2 heteroatoms. The molecule has 0 spiro atoms. The second kappa shape index (κ2) is 4.33. The van der Waals surface area contributed by atoms with Crippen molar-refractivity contribution in [2.45, 2.75) is 69.4 Å². The Morgan fingerprint density at radius 3 is 2.30 bits per heavy atom. The lowest BCUT2D eigenvalue weighted by Gasteiger charge is -2.57. The second-order valence-electron chi connectivity index (χ2n) is 8.12. The third-order valence-corrected chi connectivity index (χ3v) is 7.40. The van der Waals surface area contributed by atoms with E-state index in [0.717, 1.165) is 30.2 Å². The van der Waals surface area contributed by atoms with Crippen molar-refractivity contribution in [3.05, 3.63) is 21.9 Å². The van der Waals surface area contributed by atoms with E-state index < -0.39 is 0 Å². The molecule has 0 aromatic carbocycles. The van der Waals surface area contributed by atoms with Gasteiger partial charge in [0.25, 0.3) is 0 Å². The van der Waals surface area contributed by atoms with Crippen LogP contribution in [0.2, 0.25) is 0 Å². The molecular formula is C18H25NS. The Morgan fingerprint density at radius 2 is 1.70 bits per heavy atom. The van der Waals surface area contributed by atoms with Crippen LogP contribution in [0, 0.1) is 17.8 Å². The molecule has 6 rings (SSSR count). The fraction of sp³-hybridized carbons (Fsp3) is 0.778. The molecule has 5 fully saturated rings. The molecule has 0 aliphatic heterocycles. The summed E-state index contributed by atoms with van der Waals surface area (Å²) in [5, 5.41) is 6.37. The first-order valence-electron chi connectivity index (χ1n) is 8.61. The molecule has 1 aromatic heterocycles. The molecule has 20 heavy (non-hydrogen) atoms. The SMILES string of the molecule is c1cc(C2CC2)c(CNC23CC4CC(CC(C4)C2)C3)s1. The highest BCUT2D eigenvalue weighted by Gasteiger charge is 2.50. The zero-order valence-corrected chi connectivity index (χ0v) is 13.1. The Bertz CT molecular complexity index is 478. The minimum atomic E-state index is 0.527. The van der Waals surface area contributed by atoms with Crippen molar-refractivity contribution in [3.8, 4) is 0 Å². The van der Waals surface area contributed by atoms with Crippen molar-refractivity contribution in [1.29, 1.82) is 0 Å². The van der Waals surface area contributed by atoms with Gasteiger partial charge in [-0.05, 0) is 92.0 Å². The Morgan fingerprint density at radius 1 is 1.05 bits per heavy atom. The quantitative estimate of drug-likeness (QED) is 0.847. The van der Waals surface area contributed by atoms with E-state index in [4.69, 9.17) is 0 Å². The highest BCUT2D eigenvalue weighted by Crippen LogP contribution is 2.55. The van der Waals surface area contributed by atoms with Crippen molar-refractivity contribution in [2.75, 3.05) is 0 Å². The van der Waals surface area contributed by atoms with Gasteiger partial charge in [-0.15, -0.1) is 11.3 Å². The highest BCUT2D eigenvalue weighted by molar-refractivity contribution is 7.10. The van der Waals surface area contributed by atoms with E-state index in [1.54, 1.807) is 29.7 Å². The molecule has 1 heterocycles. The van der Waals surface area contributed by atoms with Gasteiger partial charge < -0.3 is 5.32 Å². The fourth-order valence-electron chi connectivity index (χ4n) is 5.85. The lowest BCUT2D eigenvalue weighted by atomic mass is 9.53. The summed E-state index contributed by atoms with van der Waals surface area (Å²) in [6, 6.07) is 2.39. The van der Waals surface area contributed by atoms with Gasteiger partial charge in [-0.3, -0.25) is 0 Å². The van der Waals surface area contributed by atoms with Crippen LogP contribution in [-0.2, 0) is 6.54 Å². The number of nitrogens with one attached hydrogen (secondary N) is 1. The van der Waals surface area contributed by atoms with E-state index in [1.807, 2.05) is 11.3 Å². The topological polar surface area (TPSA) is 12.0 Å². The number of rotatable bonds is 4. The van der Waals surface area contributed by atoms with Crippen LogP contribution in [0.3, 0.4) is 0 Å². The summed E-state index contributed by atoms with van der Waals surface area (Å²) in [6.45, 7) is 1.15. The zero-order chi connectivity index (χ0) is 13.2. The highest BCUT2D eigenvalue weighted by atomic mass is 32.1. The first-order valence-corrected chi connectivity index (χ1v) is 9.49. The molecular weight excluding hydrogens is 262 g/mol. The standard InChI is InChI=1S/C18H25NS/c1-2-15(1)16-3-4-20-17(16)11-19-18-8-12-5-13(9-18)7-14(6-12)10-18/h3-4,12-15,19H,1-2,5-11H2. The summed E-state index contributed by atoms with van der Waals surface area (Å²) in [6.07, 6.45) is 11.9. The molecule has 1 N–H and O–H groups in total. The first-order chi connectivity index (χ1) is 9.80. The van der Waals surface area contributed by atoms with Gasteiger partial charge in [0.15, 0.2) is 0 Å². The Labute approximate surface area is 126 Å². The molecule has 108 valence electrons. The minimum absolute atomic E-state index is 0.527. The van der Waals surface area contributed by atoms with Crippen molar-refractivity contribution < 1.29 is 0 Å². The second-order valence-corrected chi connectivity index (χ2v) is 9.13. The van der Waals surface area contributed by atoms with E-state index in [9.17, 15) is 0 Å². The zero-order valence-electron chi connectivity index (χ0n) is 12.2. The summed E-state index contributed by atoms with van der Waals surface area (Å²) in [5.41, 5.74) is 2.20. The first kappa shape index (κ1) is 12.2. The molecule has 1 aromatic rings. The molecule has 5 saturated carbocycles. The van der Waals surface area contributed by atoms with Gasteiger partial charge in [-0.25, -0.2) is 0 Å². The van der Waals surface area contributed by atoms with Gasteiger partial charge in [0.05, 0.1) is 0 Å². The van der Waals surface area contributed by atoms with Crippen LogP contribution in [0.5, 0.6) is 0 Å². The number of hydrogen-bond acceptors (Lipinski definition) is 2. The van der Waals surface area contributed by atoms with Crippen LogP contribution in [0.15, 0.2) is 11.4 Å². The van der Waals surface area contributed by atoms with Crippen LogP contribution in [-0.4, -0.2) is 5.54 Å². The predicted molar refractivity (Wildman–Crippen MR) is 84.0 cm³/mol. The van der Waals surface area contributed by atoms with Gasteiger partial charge in [-0.2, -0.15) is 0 Å². The normalized spacial score (nSPS) is 42.3. The smallest absolute Gasteiger partial charge is 0.0307 e. The molecule has 4 bridgehead atoms. The van der Waals surface area contributed by atoms with Crippen molar-refractivity contribution in [1.82, 2.24) is 5.32 Å². The lowest BCUT2D eigenvalue weighted by molar-refractivity contribution is -0.0205. The third-order valence-electron chi connectivity index (χ3n) is 6.46. The average molecular weight is 287 g/mol.